The minimum absolute atomic E-state index is 0.0375. The van der Waals surface area contributed by atoms with Crippen molar-refractivity contribution in [1.82, 2.24) is 24.5 Å². The van der Waals surface area contributed by atoms with Crippen LogP contribution in [0.5, 0.6) is 5.88 Å². The number of carboxylic acid groups (broad SMARTS) is 1. The van der Waals surface area contributed by atoms with Crippen molar-refractivity contribution in [2.75, 3.05) is 12.4 Å². The van der Waals surface area contributed by atoms with Crippen LogP contribution in [-0.4, -0.2) is 54.9 Å². The first-order valence-electron chi connectivity index (χ1n) is 11.9. The van der Waals surface area contributed by atoms with Crippen LogP contribution in [0.15, 0.2) is 42.1 Å². The minimum atomic E-state index is -4.31. The third kappa shape index (κ3) is 5.13. The summed E-state index contributed by atoms with van der Waals surface area (Å²) in [6.07, 6.45) is 3.41. The van der Waals surface area contributed by atoms with E-state index in [9.17, 15) is 23.1 Å². The second-order valence-electron chi connectivity index (χ2n) is 9.28. The van der Waals surface area contributed by atoms with Crippen LogP contribution in [0.3, 0.4) is 0 Å². The largest absolute Gasteiger partial charge is 0.481 e. The lowest BCUT2D eigenvalue weighted by molar-refractivity contribution is -0.160. The van der Waals surface area contributed by atoms with Crippen molar-refractivity contribution >= 4 is 23.0 Å². The molecule has 0 aliphatic heterocycles. The molecule has 2 atom stereocenters. The average Bonchev–Trinajstić information content (AvgIpc) is 3.66. The Morgan fingerprint density at radius 2 is 2.05 bits per heavy atom. The molecule has 1 unspecified atom stereocenters. The molecule has 9 nitrogen and oxygen atoms in total. The lowest BCUT2D eigenvalue weighted by Crippen LogP contribution is -2.22. The van der Waals surface area contributed by atoms with E-state index in [0.717, 1.165) is 18.9 Å². The number of methoxy groups -OCH3 is 1. The van der Waals surface area contributed by atoms with E-state index in [-0.39, 0.29) is 24.7 Å². The normalized spacial score (nSPS) is 18.5. The molecule has 3 heterocycles. The number of aromatic carboxylic acids is 1. The Bertz CT molecular complexity index is 1390. The highest BCUT2D eigenvalue weighted by Crippen LogP contribution is 2.37. The van der Waals surface area contributed by atoms with Gasteiger partial charge in [0.05, 0.1) is 13.0 Å². The number of hydrogen-bond donors (Lipinski definition) is 2. The minimum Gasteiger partial charge on any atom is -0.481 e. The maximum Gasteiger partial charge on any atom is 0.395 e. The van der Waals surface area contributed by atoms with Crippen molar-refractivity contribution in [1.29, 1.82) is 0 Å². The monoisotopic (exact) mass is 514 g/mol. The van der Waals surface area contributed by atoms with Crippen LogP contribution < -0.4 is 10.1 Å². The Labute approximate surface area is 210 Å². The third-order valence-corrected chi connectivity index (χ3v) is 6.63. The fourth-order valence-corrected chi connectivity index (χ4v) is 4.38. The van der Waals surface area contributed by atoms with Gasteiger partial charge in [-0.15, -0.1) is 0 Å². The van der Waals surface area contributed by atoms with Crippen LogP contribution in [-0.2, 0) is 6.54 Å². The van der Waals surface area contributed by atoms with Crippen LogP contribution >= 0.6 is 0 Å². The number of nitrogens with zero attached hydrogens (tertiary/aromatic N) is 5. The van der Waals surface area contributed by atoms with Gasteiger partial charge in [0.15, 0.2) is 11.5 Å². The van der Waals surface area contributed by atoms with Crippen LogP contribution in [0.1, 0.15) is 36.8 Å². The van der Waals surface area contributed by atoms with Crippen LogP contribution in [0, 0.1) is 11.8 Å². The van der Waals surface area contributed by atoms with E-state index in [0.29, 0.717) is 40.1 Å². The molecule has 1 fully saturated rings. The number of fused-ring (bicyclic) bond motifs is 1. The summed E-state index contributed by atoms with van der Waals surface area (Å²) in [5, 5.41) is 12.9. The summed E-state index contributed by atoms with van der Waals surface area (Å²) in [6, 6.07) is 3.45. The van der Waals surface area contributed by atoms with Gasteiger partial charge in [-0.1, -0.05) is 18.2 Å². The Balaban J connectivity index is 1.63. The number of carbonyl (C=O) groups is 1. The van der Waals surface area contributed by atoms with Gasteiger partial charge in [0, 0.05) is 30.4 Å². The molecule has 0 radical (unpaired) electrons. The quantitative estimate of drug-likeness (QED) is 0.438. The van der Waals surface area contributed by atoms with Gasteiger partial charge in [-0.25, -0.2) is 24.7 Å². The van der Waals surface area contributed by atoms with Crippen molar-refractivity contribution < 1.29 is 27.8 Å². The van der Waals surface area contributed by atoms with E-state index in [1.165, 1.54) is 13.2 Å². The number of carboxylic acids is 1. The summed E-state index contributed by atoms with van der Waals surface area (Å²) in [5.41, 5.74) is 1.89. The molecule has 2 aliphatic rings. The van der Waals surface area contributed by atoms with Crippen molar-refractivity contribution in [3.8, 4) is 17.3 Å². The van der Waals surface area contributed by atoms with Crippen LogP contribution in [0.25, 0.3) is 22.6 Å². The van der Waals surface area contributed by atoms with E-state index in [1.807, 2.05) is 6.92 Å². The molecule has 0 aromatic carbocycles. The molecular formula is C25H25F3N6O3. The lowest BCUT2D eigenvalue weighted by Gasteiger charge is -2.20. The summed E-state index contributed by atoms with van der Waals surface area (Å²) >= 11 is 0. The van der Waals surface area contributed by atoms with Gasteiger partial charge in [0.2, 0.25) is 11.7 Å². The number of halogens is 3. The molecular weight excluding hydrogens is 489 g/mol. The van der Waals surface area contributed by atoms with Gasteiger partial charge in [-0.2, -0.15) is 13.2 Å². The number of ether oxygens (including phenoxy) is 1. The summed E-state index contributed by atoms with van der Waals surface area (Å²) in [6.45, 7) is 2.19. The molecule has 0 spiro atoms. The summed E-state index contributed by atoms with van der Waals surface area (Å²) < 4.78 is 46.4. The van der Waals surface area contributed by atoms with Gasteiger partial charge in [0.25, 0.3) is 0 Å². The number of pyridine rings is 1. The maximum absolute atomic E-state index is 13.2. The standard InChI is InChI=1S/C25H25F3N6O3/c1-13(15-5-6-15)30-20-19-21(32-22(31-20)24(35)36)33-23(16-7-10-18(37-2)29-11-16)34(19)12-14-3-8-17(9-4-14)25(26,27)28/h3-4,7-8,10-11,13,15,17H,5-6,9,12H2,1-2H3,(H,35,36)(H,30,31,32)/t13-,17?/m1/s1. The molecule has 0 amide bonds. The van der Waals surface area contributed by atoms with Gasteiger partial charge < -0.3 is 19.7 Å². The summed E-state index contributed by atoms with van der Waals surface area (Å²) in [5.74, 6) is -1.63. The predicted octanol–water partition coefficient (Wildman–Crippen LogP) is 4.87. The highest BCUT2D eigenvalue weighted by Gasteiger charge is 2.38. The van der Waals surface area contributed by atoms with Crippen molar-refractivity contribution in [2.45, 2.75) is 44.9 Å². The van der Waals surface area contributed by atoms with E-state index in [2.05, 4.69) is 25.3 Å². The fraction of sp³-hybridized carbons (Fsp3) is 0.400. The van der Waals surface area contributed by atoms with Crippen molar-refractivity contribution in [3.63, 3.8) is 0 Å². The topological polar surface area (TPSA) is 115 Å². The Hall–Kier alpha value is -3.96. The van der Waals surface area contributed by atoms with Crippen LogP contribution in [0.2, 0.25) is 0 Å². The lowest BCUT2D eigenvalue weighted by atomic mass is 9.96. The number of aromatic nitrogens is 5. The SMILES string of the molecule is COc1ccc(-c2nc3nc(C(=O)O)nc(N[C@H](C)C4CC4)c3n2CC2=CCC(C(F)(F)F)C=C2)cn1. The van der Waals surface area contributed by atoms with Gasteiger partial charge in [0.1, 0.15) is 11.3 Å². The van der Waals surface area contributed by atoms with Crippen molar-refractivity contribution in [3.05, 3.63) is 48.0 Å². The highest BCUT2D eigenvalue weighted by atomic mass is 19.4. The molecule has 0 saturated heterocycles. The highest BCUT2D eigenvalue weighted by molar-refractivity contribution is 5.92. The first kappa shape index (κ1) is 24.7. The zero-order chi connectivity index (χ0) is 26.3. The number of rotatable bonds is 8. The molecule has 1 saturated carbocycles. The van der Waals surface area contributed by atoms with Crippen LogP contribution in [0.4, 0.5) is 19.0 Å². The van der Waals surface area contributed by atoms with E-state index in [4.69, 9.17) is 4.74 Å². The van der Waals surface area contributed by atoms with E-state index < -0.39 is 23.9 Å². The first-order valence-corrected chi connectivity index (χ1v) is 11.9. The molecule has 194 valence electrons. The van der Waals surface area contributed by atoms with Crippen molar-refractivity contribution in [2.24, 2.45) is 11.8 Å². The zero-order valence-electron chi connectivity index (χ0n) is 20.2. The number of hydrogen-bond acceptors (Lipinski definition) is 7. The third-order valence-electron chi connectivity index (χ3n) is 6.63. The number of allylic oxidation sites excluding steroid dienone is 4. The Morgan fingerprint density at radius 3 is 2.62 bits per heavy atom. The smallest absolute Gasteiger partial charge is 0.395 e. The maximum atomic E-state index is 13.2. The number of alkyl halides is 3. The molecule has 2 aliphatic carbocycles. The molecule has 2 N–H and O–H groups in total. The fourth-order valence-electron chi connectivity index (χ4n) is 4.38. The zero-order valence-corrected chi connectivity index (χ0v) is 20.2. The first-order chi connectivity index (χ1) is 17.6. The van der Waals surface area contributed by atoms with Gasteiger partial charge >= 0.3 is 12.1 Å². The average molecular weight is 515 g/mol. The molecule has 0 bridgehead atoms. The summed E-state index contributed by atoms with van der Waals surface area (Å²) in [7, 11) is 1.50. The number of anilines is 1. The molecule has 5 rings (SSSR count). The van der Waals surface area contributed by atoms with E-state index in [1.54, 1.807) is 29.0 Å². The second kappa shape index (κ2) is 9.49. The Kier molecular flexibility index (Phi) is 6.34. The Morgan fingerprint density at radius 1 is 1.27 bits per heavy atom. The van der Waals surface area contributed by atoms with Gasteiger partial charge in [-0.3, -0.25) is 0 Å². The number of imidazole rings is 1. The second-order valence-corrected chi connectivity index (χ2v) is 9.28. The number of nitrogens with one attached hydrogen (secondary N) is 1. The summed E-state index contributed by atoms with van der Waals surface area (Å²) in [4.78, 5) is 29.1. The molecule has 37 heavy (non-hydrogen) atoms. The molecule has 3 aromatic rings. The van der Waals surface area contributed by atoms with E-state index >= 15 is 0 Å². The molecule has 12 heteroatoms. The molecule has 3 aromatic heterocycles. The van der Waals surface area contributed by atoms with Gasteiger partial charge in [-0.05, 0) is 43.7 Å². The predicted molar refractivity (Wildman–Crippen MR) is 129 cm³/mol.